The van der Waals surface area contributed by atoms with Gasteiger partial charge in [0.2, 0.25) is 10.0 Å². The Hall–Kier alpha value is -1.66. The van der Waals surface area contributed by atoms with Crippen LogP contribution in [-0.2, 0) is 28.9 Å². The number of nitrogens with one attached hydrogen (secondary N) is 1. The van der Waals surface area contributed by atoms with E-state index < -0.39 is 10.0 Å². The van der Waals surface area contributed by atoms with Crippen molar-refractivity contribution in [3.05, 3.63) is 53.3 Å². The molecule has 0 aliphatic carbocycles. The van der Waals surface area contributed by atoms with Gasteiger partial charge in [0.15, 0.2) is 0 Å². The molecule has 2 aromatic rings. The molecule has 1 aromatic heterocycles. The maximum Gasteiger partial charge on any atom is 0.216 e. The van der Waals surface area contributed by atoms with E-state index in [1.54, 1.807) is 18.3 Å². The van der Waals surface area contributed by atoms with Gasteiger partial charge in [0.25, 0.3) is 0 Å². The van der Waals surface area contributed by atoms with Crippen molar-refractivity contribution in [2.45, 2.75) is 32.7 Å². The first-order valence-electron chi connectivity index (χ1n) is 6.54. The fraction of sp³-hybridized carbons (Fsp3) is 0.357. The molecular weight excluding hydrogens is 274 g/mol. The van der Waals surface area contributed by atoms with Gasteiger partial charge in [0.1, 0.15) is 0 Å². The lowest BCUT2D eigenvalue weighted by Gasteiger charge is -2.07. The number of sulfonamides is 1. The molecular formula is C14H19N3O2S. The molecule has 0 saturated carbocycles. The third-order valence-electron chi connectivity index (χ3n) is 3.19. The number of rotatable bonds is 6. The molecule has 1 aromatic carbocycles. The van der Waals surface area contributed by atoms with E-state index in [0.29, 0.717) is 0 Å². The summed E-state index contributed by atoms with van der Waals surface area (Å²) in [5.41, 5.74) is 2.68. The Morgan fingerprint density at radius 1 is 1.25 bits per heavy atom. The van der Waals surface area contributed by atoms with Crippen LogP contribution in [0.5, 0.6) is 0 Å². The van der Waals surface area contributed by atoms with Crippen LogP contribution in [-0.4, -0.2) is 18.2 Å². The lowest BCUT2D eigenvalue weighted by molar-refractivity contribution is 0.580. The van der Waals surface area contributed by atoms with Crippen LogP contribution in [0.3, 0.4) is 0 Å². The number of hydrogen-bond acceptors (Lipinski definition) is 3. The summed E-state index contributed by atoms with van der Waals surface area (Å²) in [4.78, 5) is 0. The van der Waals surface area contributed by atoms with E-state index in [4.69, 9.17) is 0 Å². The fourth-order valence-electron chi connectivity index (χ4n) is 2.01. The first-order valence-corrected chi connectivity index (χ1v) is 8.19. The van der Waals surface area contributed by atoms with Crippen LogP contribution in [0.4, 0.5) is 0 Å². The van der Waals surface area contributed by atoms with E-state index >= 15 is 0 Å². The molecule has 0 atom stereocenters. The summed E-state index contributed by atoms with van der Waals surface area (Å²) in [6, 6.07) is 9.14. The van der Waals surface area contributed by atoms with Crippen LogP contribution >= 0.6 is 0 Å². The second-order valence-electron chi connectivity index (χ2n) is 4.64. The average Bonchev–Trinajstić information content (AvgIpc) is 2.78. The summed E-state index contributed by atoms with van der Waals surface area (Å²) in [7, 11) is -3.33. The molecule has 6 heteroatoms. The third kappa shape index (κ3) is 3.68. The topological polar surface area (TPSA) is 64.0 Å². The van der Waals surface area contributed by atoms with Crippen molar-refractivity contribution >= 4 is 10.0 Å². The number of benzene rings is 1. The Kier molecular flexibility index (Phi) is 4.57. The maximum atomic E-state index is 12.0. The molecule has 1 N–H and O–H groups in total. The zero-order valence-electron chi connectivity index (χ0n) is 11.7. The quantitative estimate of drug-likeness (QED) is 0.883. The highest BCUT2D eigenvalue weighted by molar-refractivity contribution is 7.88. The smallest absolute Gasteiger partial charge is 0.216 e. The molecule has 0 fully saturated rings. The SMILES string of the molecule is CCn1ncc(CNS(=O)(=O)Cc2ccccc2)c1C. The molecule has 2 rings (SSSR count). The Morgan fingerprint density at radius 2 is 1.95 bits per heavy atom. The van der Waals surface area contributed by atoms with Gasteiger partial charge in [-0.15, -0.1) is 0 Å². The van der Waals surface area contributed by atoms with Crippen molar-refractivity contribution in [1.29, 1.82) is 0 Å². The molecule has 0 radical (unpaired) electrons. The zero-order chi connectivity index (χ0) is 14.6. The van der Waals surface area contributed by atoms with E-state index in [9.17, 15) is 8.42 Å². The Morgan fingerprint density at radius 3 is 2.55 bits per heavy atom. The highest BCUT2D eigenvalue weighted by Crippen LogP contribution is 2.09. The molecule has 0 aliphatic rings. The molecule has 0 bridgehead atoms. The first-order chi connectivity index (χ1) is 9.52. The van der Waals surface area contributed by atoms with Crippen molar-refractivity contribution in [2.24, 2.45) is 0 Å². The number of aromatic nitrogens is 2. The molecule has 0 aliphatic heterocycles. The Balaban J connectivity index is 2.00. The van der Waals surface area contributed by atoms with Crippen LogP contribution in [0, 0.1) is 6.92 Å². The highest BCUT2D eigenvalue weighted by Gasteiger charge is 2.13. The summed E-state index contributed by atoms with van der Waals surface area (Å²) in [6.07, 6.45) is 1.71. The second kappa shape index (κ2) is 6.19. The van der Waals surface area contributed by atoms with E-state index in [1.807, 2.05) is 36.7 Å². The normalized spacial score (nSPS) is 11.7. The number of aryl methyl sites for hydroxylation is 1. The largest absolute Gasteiger partial charge is 0.270 e. The fourth-order valence-corrected chi connectivity index (χ4v) is 3.12. The van der Waals surface area contributed by atoms with E-state index in [2.05, 4.69) is 9.82 Å². The van der Waals surface area contributed by atoms with Gasteiger partial charge in [-0.05, 0) is 19.4 Å². The maximum absolute atomic E-state index is 12.0. The van der Waals surface area contributed by atoms with E-state index in [1.165, 1.54) is 0 Å². The minimum atomic E-state index is -3.33. The molecule has 20 heavy (non-hydrogen) atoms. The summed E-state index contributed by atoms with van der Waals surface area (Å²) < 4.78 is 28.5. The van der Waals surface area contributed by atoms with Crippen LogP contribution in [0.2, 0.25) is 0 Å². The summed E-state index contributed by atoms with van der Waals surface area (Å²) in [6.45, 7) is 5.00. The number of hydrogen-bond donors (Lipinski definition) is 1. The lowest BCUT2D eigenvalue weighted by atomic mass is 10.2. The van der Waals surface area contributed by atoms with Crippen molar-refractivity contribution in [1.82, 2.24) is 14.5 Å². The zero-order valence-corrected chi connectivity index (χ0v) is 12.5. The van der Waals surface area contributed by atoms with Crippen molar-refractivity contribution in [3.63, 3.8) is 0 Å². The van der Waals surface area contributed by atoms with Gasteiger partial charge in [0.05, 0.1) is 11.9 Å². The van der Waals surface area contributed by atoms with E-state index in [-0.39, 0.29) is 12.3 Å². The monoisotopic (exact) mass is 293 g/mol. The van der Waals surface area contributed by atoms with Crippen LogP contribution in [0.25, 0.3) is 0 Å². The van der Waals surface area contributed by atoms with E-state index in [0.717, 1.165) is 23.4 Å². The predicted molar refractivity (Wildman–Crippen MR) is 78.5 cm³/mol. The van der Waals surface area contributed by atoms with Crippen LogP contribution < -0.4 is 4.72 Å². The van der Waals surface area contributed by atoms with Gasteiger partial charge in [-0.1, -0.05) is 30.3 Å². The lowest BCUT2D eigenvalue weighted by Crippen LogP contribution is -2.24. The van der Waals surface area contributed by atoms with Gasteiger partial charge >= 0.3 is 0 Å². The Bertz CT molecular complexity index is 663. The van der Waals surface area contributed by atoms with Gasteiger partial charge in [-0.3, -0.25) is 4.68 Å². The standard InChI is InChI=1S/C14H19N3O2S/c1-3-17-12(2)14(9-15-17)10-16-20(18,19)11-13-7-5-4-6-8-13/h4-9,16H,3,10-11H2,1-2H3. The molecule has 108 valence electrons. The average molecular weight is 293 g/mol. The van der Waals surface area contributed by atoms with Crippen LogP contribution in [0.15, 0.2) is 36.5 Å². The molecule has 0 unspecified atom stereocenters. The summed E-state index contributed by atoms with van der Waals surface area (Å²) in [5, 5.41) is 4.20. The highest BCUT2D eigenvalue weighted by atomic mass is 32.2. The van der Waals surface area contributed by atoms with Gasteiger partial charge in [-0.25, -0.2) is 13.1 Å². The van der Waals surface area contributed by atoms with Gasteiger partial charge in [0, 0.05) is 24.3 Å². The van der Waals surface area contributed by atoms with Crippen molar-refractivity contribution < 1.29 is 8.42 Å². The summed E-state index contributed by atoms with van der Waals surface area (Å²) >= 11 is 0. The third-order valence-corrected chi connectivity index (χ3v) is 4.48. The molecule has 0 amide bonds. The number of nitrogens with zero attached hydrogens (tertiary/aromatic N) is 2. The van der Waals surface area contributed by atoms with Gasteiger partial charge in [-0.2, -0.15) is 5.10 Å². The molecule has 0 saturated heterocycles. The molecule has 0 spiro atoms. The van der Waals surface area contributed by atoms with Crippen LogP contribution in [0.1, 0.15) is 23.7 Å². The van der Waals surface area contributed by atoms with Crippen molar-refractivity contribution in [2.75, 3.05) is 0 Å². The minimum Gasteiger partial charge on any atom is -0.270 e. The molecule has 5 nitrogen and oxygen atoms in total. The van der Waals surface area contributed by atoms with Gasteiger partial charge < -0.3 is 0 Å². The first kappa shape index (κ1) is 14.7. The minimum absolute atomic E-state index is 0.00516. The summed E-state index contributed by atoms with van der Waals surface area (Å²) in [5.74, 6) is -0.00516. The predicted octanol–water partition coefficient (Wildman–Crippen LogP) is 1.83. The Labute approximate surface area is 119 Å². The van der Waals surface area contributed by atoms with Crippen molar-refractivity contribution in [3.8, 4) is 0 Å². The molecule has 1 heterocycles. The second-order valence-corrected chi connectivity index (χ2v) is 6.44.